The number of carbonyl (C=O) groups excluding carboxylic acids is 2. The minimum absolute atomic E-state index is 0.288. The molecule has 1 aliphatic heterocycles. The first-order valence-corrected chi connectivity index (χ1v) is 8.58. The van der Waals surface area contributed by atoms with Crippen LogP contribution in [0.25, 0.3) is 10.9 Å². The number of nitrogens with two attached hydrogens (primary N) is 1. The first-order chi connectivity index (χ1) is 11.9. The molecule has 1 aliphatic rings. The van der Waals surface area contributed by atoms with Gasteiger partial charge in [-0.2, -0.15) is 0 Å². The zero-order valence-electron chi connectivity index (χ0n) is 15.9. The van der Waals surface area contributed by atoms with Crippen LogP contribution in [0.4, 0.5) is 5.69 Å². The quantitative estimate of drug-likeness (QED) is 0.304. The van der Waals surface area contributed by atoms with Crippen LogP contribution in [0.2, 0.25) is 11.0 Å². The molecular formula is C14H19B5N4O3. The fraction of sp³-hybridized carbons (Fsp3) is 0.286. The molecule has 2 heterocycles. The van der Waals surface area contributed by atoms with Crippen molar-refractivity contribution in [3.05, 3.63) is 28.3 Å². The Morgan fingerprint density at radius 1 is 1.23 bits per heavy atom. The number of fused-ring (bicyclic) bond motifs is 1. The molecule has 2 unspecified atom stereocenters. The van der Waals surface area contributed by atoms with E-state index in [2.05, 4.69) is 10.3 Å². The maximum atomic E-state index is 13.4. The van der Waals surface area contributed by atoms with E-state index in [9.17, 15) is 14.4 Å². The van der Waals surface area contributed by atoms with Crippen molar-refractivity contribution in [2.24, 2.45) is 0 Å². The summed E-state index contributed by atoms with van der Waals surface area (Å²) in [7, 11) is 8.96. The zero-order valence-corrected chi connectivity index (χ0v) is 15.9. The van der Waals surface area contributed by atoms with Crippen LogP contribution >= 0.6 is 0 Å². The molecule has 2 atom stereocenters. The second-order valence-electron chi connectivity index (χ2n) is 7.88. The fourth-order valence-corrected chi connectivity index (χ4v) is 3.90. The summed E-state index contributed by atoms with van der Waals surface area (Å²) in [6, 6.07) is 3.51. The number of aryl methyl sites for hydroxylation is 1. The summed E-state index contributed by atoms with van der Waals surface area (Å²) in [6.07, 6.45) is 0. The zero-order chi connectivity index (χ0) is 19.6. The first kappa shape index (κ1) is 18.4. The molecule has 1 aromatic carbocycles. The van der Waals surface area contributed by atoms with Crippen molar-refractivity contribution in [1.82, 2.24) is 14.9 Å². The van der Waals surface area contributed by atoms with Crippen LogP contribution in [0.15, 0.2) is 16.9 Å². The fourth-order valence-electron chi connectivity index (χ4n) is 3.90. The Morgan fingerprint density at radius 3 is 2.46 bits per heavy atom. The summed E-state index contributed by atoms with van der Waals surface area (Å²) in [4.78, 5) is 43.0. The second-order valence-corrected chi connectivity index (χ2v) is 7.88. The van der Waals surface area contributed by atoms with Gasteiger partial charge in [0.25, 0.3) is 5.56 Å². The largest absolute Gasteiger partial charge is 0.398 e. The SMILES string of the molecule is Bc1cc(N)c2c(=O)n(C3(B)C(=O)NC(=O)C(B)C3(B)B)c(C)nc2c1. The highest BCUT2D eigenvalue weighted by molar-refractivity contribution is 6.55. The molecular weight excluding hydrogens is 326 g/mol. The monoisotopic (exact) mass is 346 g/mol. The summed E-state index contributed by atoms with van der Waals surface area (Å²) in [5.41, 5.74) is 6.16. The predicted octanol–water partition coefficient (Wildman–Crippen LogP) is -5.71. The van der Waals surface area contributed by atoms with Crippen LogP contribution in [0, 0.1) is 6.92 Å². The Morgan fingerprint density at radius 2 is 1.85 bits per heavy atom. The number of nitrogens with one attached hydrogen (secondary N) is 1. The molecule has 3 rings (SSSR count). The maximum absolute atomic E-state index is 13.4. The first-order valence-electron chi connectivity index (χ1n) is 8.58. The predicted molar refractivity (Wildman–Crippen MR) is 115 cm³/mol. The summed E-state index contributed by atoms with van der Waals surface area (Å²) < 4.78 is 1.39. The van der Waals surface area contributed by atoms with Gasteiger partial charge in [0, 0.05) is 11.5 Å². The van der Waals surface area contributed by atoms with E-state index in [0.29, 0.717) is 17.0 Å². The number of hydrogen-bond donors (Lipinski definition) is 2. The van der Waals surface area contributed by atoms with Crippen molar-refractivity contribution in [2.45, 2.75) is 23.4 Å². The molecule has 0 saturated carbocycles. The van der Waals surface area contributed by atoms with Crippen molar-refractivity contribution in [2.75, 3.05) is 5.73 Å². The van der Waals surface area contributed by atoms with Gasteiger partial charge in [0.15, 0.2) is 0 Å². The average molecular weight is 345 g/mol. The van der Waals surface area contributed by atoms with E-state index in [1.165, 1.54) is 4.57 Å². The molecule has 0 aliphatic carbocycles. The van der Waals surface area contributed by atoms with Gasteiger partial charge >= 0.3 is 0 Å². The standard InChI is InChI=1S/C14H19B5N4O3/c1-4-21-7-3-5(15)2-6(20)8(7)11(25)23(4)14(19)12(26)22-10(24)9(16)13(14,17)18/h2-3,9H,15-20H2,1H3,(H,22,24,26). The molecule has 1 fully saturated rings. The van der Waals surface area contributed by atoms with E-state index in [1.807, 2.05) is 23.5 Å². The van der Waals surface area contributed by atoms with Gasteiger partial charge in [0.1, 0.15) is 45.1 Å². The number of anilines is 1. The minimum Gasteiger partial charge on any atom is -0.398 e. The highest BCUT2D eigenvalue weighted by atomic mass is 16.2. The third-order valence-corrected chi connectivity index (χ3v) is 6.17. The smallest absolute Gasteiger partial charge is 0.263 e. The Bertz CT molecular complexity index is 1040. The highest BCUT2D eigenvalue weighted by Gasteiger charge is 2.57. The van der Waals surface area contributed by atoms with Gasteiger partial charge in [0.2, 0.25) is 11.8 Å². The summed E-state index contributed by atoms with van der Waals surface area (Å²) >= 11 is 0. The van der Waals surface area contributed by atoms with Crippen molar-refractivity contribution in [3.63, 3.8) is 0 Å². The van der Waals surface area contributed by atoms with Gasteiger partial charge in [-0.1, -0.05) is 10.7 Å². The molecule has 0 bridgehead atoms. The van der Waals surface area contributed by atoms with Crippen LogP contribution in [-0.2, 0) is 15.0 Å². The lowest BCUT2D eigenvalue weighted by molar-refractivity contribution is -0.138. The summed E-state index contributed by atoms with van der Waals surface area (Å²) in [5, 5.41) is 1.88. The van der Waals surface area contributed by atoms with Crippen LogP contribution in [0.5, 0.6) is 0 Å². The number of nitrogens with zero attached hydrogens (tertiary/aromatic N) is 2. The third-order valence-electron chi connectivity index (χ3n) is 6.17. The van der Waals surface area contributed by atoms with Gasteiger partial charge < -0.3 is 5.73 Å². The second kappa shape index (κ2) is 5.56. The number of nitrogen functional groups attached to an aromatic ring is 1. The molecule has 7 nitrogen and oxygen atoms in total. The molecule has 12 heteroatoms. The van der Waals surface area contributed by atoms with Gasteiger partial charge in [-0.05, 0) is 19.1 Å². The lowest BCUT2D eigenvalue weighted by atomic mass is 9.31. The molecule has 1 saturated heterocycles. The Hall–Kier alpha value is -2.38. The Labute approximate surface area is 155 Å². The Kier molecular flexibility index (Phi) is 3.94. The molecule has 3 N–H and O–H groups in total. The van der Waals surface area contributed by atoms with Gasteiger partial charge in [-0.15, -0.1) is 0 Å². The number of rotatable bonds is 1. The molecule has 2 aromatic rings. The van der Waals surface area contributed by atoms with Gasteiger partial charge in [0.05, 0.1) is 16.3 Å². The van der Waals surface area contributed by atoms with E-state index < -0.39 is 22.4 Å². The number of imide groups is 1. The Balaban J connectivity index is 2.43. The number of piperidine rings is 1. The third kappa shape index (κ3) is 2.20. The van der Waals surface area contributed by atoms with E-state index in [0.717, 1.165) is 5.46 Å². The molecule has 0 spiro atoms. The van der Waals surface area contributed by atoms with Crippen molar-refractivity contribution in [1.29, 1.82) is 0 Å². The summed E-state index contributed by atoms with van der Waals surface area (Å²) in [6.45, 7) is 1.69. The van der Waals surface area contributed by atoms with Crippen molar-refractivity contribution in [3.8, 4) is 0 Å². The molecule has 0 radical (unpaired) electrons. The molecule has 26 heavy (non-hydrogen) atoms. The molecule has 1 aromatic heterocycles. The van der Waals surface area contributed by atoms with Crippen molar-refractivity contribution >= 4 is 73.1 Å². The van der Waals surface area contributed by atoms with E-state index in [1.54, 1.807) is 34.7 Å². The van der Waals surface area contributed by atoms with E-state index >= 15 is 0 Å². The van der Waals surface area contributed by atoms with Crippen LogP contribution in [-0.4, -0.2) is 60.6 Å². The lowest BCUT2D eigenvalue weighted by Crippen LogP contribution is -2.68. The number of aromatic nitrogens is 2. The van der Waals surface area contributed by atoms with E-state index in [4.69, 9.17) is 5.73 Å². The van der Waals surface area contributed by atoms with Crippen LogP contribution in [0.1, 0.15) is 5.82 Å². The van der Waals surface area contributed by atoms with Crippen LogP contribution < -0.4 is 22.1 Å². The van der Waals surface area contributed by atoms with Crippen molar-refractivity contribution < 1.29 is 9.59 Å². The van der Waals surface area contributed by atoms with Crippen LogP contribution in [0.3, 0.4) is 0 Å². The summed E-state index contributed by atoms with van der Waals surface area (Å²) in [5.74, 6) is -0.919. The van der Waals surface area contributed by atoms with Gasteiger partial charge in [-0.25, -0.2) is 4.98 Å². The number of amides is 2. The highest BCUT2D eigenvalue weighted by Crippen LogP contribution is 2.48. The topological polar surface area (TPSA) is 107 Å². The van der Waals surface area contributed by atoms with Gasteiger partial charge in [-0.3, -0.25) is 24.3 Å². The maximum Gasteiger partial charge on any atom is 0.263 e. The molecule has 2 amide bonds. The lowest BCUT2D eigenvalue weighted by Gasteiger charge is -2.51. The average Bonchev–Trinajstić information content (AvgIpc) is 2.50. The number of carbonyl (C=O) groups is 2. The number of hydrogen-bond acceptors (Lipinski definition) is 5. The molecule has 128 valence electrons. The van der Waals surface area contributed by atoms with E-state index in [-0.39, 0.29) is 16.9 Å². The normalized spacial score (nSPS) is 25.2. The number of benzene rings is 1. The minimum atomic E-state index is -1.29.